The summed E-state index contributed by atoms with van der Waals surface area (Å²) in [6.07, 6.45) is 1.56. The Bertz CT molecular complexity index is 1740. The van der Waals surface area contributed by atoms with Crippen LogP contribution in [0.3, 0.4) is 0 Å². The van der Waals surface area contributed by atoms with E-state index in [9.17, 15) is 31.5 Å². The number of aliphatic hydroxyl groups is 1. The van der Waals surface area contributed by atoms with Crippen LogP contribution in [-0.4, -0.2) is 90.5 Å². The van der Waals surface area contributed by atoms with Crippen molar-refractivity contribution in [2.45, 2.75) is 77.4 Å². The first-order valence-electron chi connectivity index (χ1n) is 16.0. The molecule has 4 heterocycles. The van der Waals surface area contributed by atoms with E-state index in [-0.39, 0.29) is 42.0 Å². The number of aryl methyl sites for hydroxylation is 1. The maximum absolute atomic E-state index is 13.6. The quantitative estimate of drug-likeness (QED) is 0.251. The Labute approximate surface area is 288 Å². The standard InChI is InChI=1S/C30H42N6O4S2.C2HF3O2/c1-30(2,3)22-7-8-24-21(14-22)15-25-28(32-24)41-29(33-25)26(38)16-19(10-12-36-13-11-23(36)18-37)20-6-9-27(31-17-20)34-42(39,40)35(4)5;3-2(4,5)1(6)7/h6,9,15,17,19,22-23,37H,7-8,10-14,16,18H2,1-5H3,(H,31,34);(H,6,7)/t19-,22-,23-;/m0./s1. The lowest BCUT2D eigenvalue weighted by molar-refractivity contribution is -0.967. The molecular formula is C32H43F3N6O6S2. The summed E-state index contributed by atoms with van der Waals surface area (Å²) in [5.41, 5.74) is 4.30. The van der Waals surface area contributed by atoms with E-state index in [0.717, 1.165) is 71.1 Å². The highest BCUT2D eigenvalue weighted by Crippen LogP contribution is 2.38. The Morgan fingerprint density at radius 3 is 2.41 bits per heavy atom. The van der Waals surface area contributed by atoms with Gasteiger partial charge in [0.25, 0.3) is 0 Å². The minimum atomic E-state index is -5.19. The summed E-state index contributed by atoms with van der Waals surface area (Å²) < 4.78 is 59.5. The number of aliphatic hydroxyl groups excluding tert-OH is 1. The van der Waals surface area contributed by atoms with E-state index >= 15 is 0 Å². The number of thiazole rings is 1. The number of carbonyl (C=O) groups is 2. The lowest BCUT2D eigenvalue weighted by Crippen LogP contribution is -3.22. The number of nitrogens with zero attached hydrogens (tertiary/aromatic N) is 4. The van der Waals surface area contributed by atoms with Gasteiger partial charge in [-0.1, -0.05) is 38.2 Å². The molecule has 17 heteroatoms. The molecule has 0 bridgehead atoms. The molecule has 2 aliphatic rings. The van der Waals surface area contributed by atoms with Gasteiger partial charge in [0, 0.05) is 38.8 Å². The smallest absolute Gasteiger partial charge is 0.430 e. The van der Waals surface area contributed by atoms with Gasteiger partial charge in [-0.15, -0.1) is 0 Å². The van der Waals surface area contributed by atoms with Crippen molar-refractivity contribution in [1.82, 2.24) is 19.3 Å². The molecule has 49 heavy (non-hydrogen) atoms. The second-order valence-corrected chi connectivity index (χ2v) is 16.7. The Morgan fingerprint density at radius 1 is 1.18 bits per heavy atom. The van der Waals surface area contributed by atoms with Crippen LogP contribution in [0.4, 0.5) is 19.0 Å². The Morgan fingerprint density at radius 2 is 1.88 bits per heavy atom. The predicted molar refractivity (Wildman–Crippen MR) is 176 cm³/mol. The number of carbonyl (C=O) groups excluding carboxylic acids is 2. The molecule has 0 spiro atoms. The lowest BCUT2D eigenvalue weighted by atomic mass is 9.71. The number of aromatic nitrogens is 3. The molecule has 1 aliphatic heterocycles. The number of fused-ring (bicyclic) bond motifs is 2. The molecule has 0 amide bonds. The summed E-state index contributed by atoms with van der Waals surface area (Å²) >= 11 is 1.37. The monoisotopic (exact) mass is 728 g/mol. The maximum atomic E-state index is 13.6. The number of carboxylic acid groups (broad SMARTS) is 1. The van der Waals surface area contributed by atoms with Crippen molar-refractivity contribution in [2.24, 2.45) is 11.3 Å². The van der Waals surface area contributed by atoms with Gasteiger partial charge in [-0.25, -0.2) is 15.0 Å². The molecule has 3 N–H and O–H groups in total. The molecule has 5 rings (SSSR count). The number of Topliss-reactive ketones (excluding diaryl/α,β-unsaturated/α-hetero) is 1. The van der Waals surface area contributed by atoms with Crippen LogP contribution >= 0.6 is 11.3 Å². The van der Waals surface area contributed by atoms with Gasteiger partial charge < -0.3 is 19.9 Å². The molecular weight excluding hydrogens is 686 g/mol. The zero-order valence-corrected chi connectivity index (χ0v) is 29.8. The number of carboxylic acids is 1. The van der Waals surface area contributed by atoms with Crippen LogP contribution in [0.15, 0.2) is 24.4 Å². The van der Waals surface area contributed by atoms with Crippen molar-refractivity contribution in [1.29, 1.82) is 0 Å². The number of nitrogens with one attached hydrogen (secondary N) is 2. The number of halogens is 3. The van der Waals surface area contributed by atoms with Gasteiger partial charge in [0.1, 0.15) is 28.2 Å². The van der Waals surface area contributed by atoms with Crippen molar-refractivity contribution < 1.29 is 46.3 Å². The molecule has 0 saturated carbocycles. The molecule has 1 fully saturated rings. The lowest BCUT2D eigenvalue weighted by Gasteiger charge is -2.36. The summed E-state index contributed by atoms with van der Waals surface area (Å²) in [6, 6.07) is 5.87. The zero-order valence-electron chi connectivity index (χ0n) is 28.1. The molecule has 0 aromatic carbocycles. The first-order valence-corrected chi connectivity index (χ1v) is 18.3. The fraction of sp³-hybridized carbons (Fsp3) is 0.594. The summed E-state index contributed by atoms with van der Waals surface area (Å²) in [5, 5.41) is 18.9. The Kier molecular flexibility index (Phi) is 12.1. The summed E-state index contributed by atoms with van der Waals surface area (Å²) in [7, 11) is -0.769. The number of pyridine rings is 2. The molecule has 1 aliphatic carbocycles. The third kappa shape index (κ3) is 9.93. The third-order valence-corrected chi connectivity index (χ3v) is 11.7. The highest BCUT2D eigenvalue weighted by Gasteiger charge is 2.33. The number of aliphatic carboxylic acids is 1. The van der Waals surface area contributed by atoms with Crippen LogP contribution in [0.25, 0.3) is 10.3 Å². The second kappa shape index (κ2) is 15.3. The van der Waals surface area contributed by atoms with E-state index in [1.165, 1.54) is 35.9 Å². The number of likely N-dealkylation sites (tertiary alicyclic amines) is 1. The van der Waals surface area contributed by atoms with Gasteiger partial charge >= 0.3 is 16.4 Å². The predicted octanol–water partition coefficient (Wildman–Crippen LogP) is 2.15. The normalized spacial score (nSPS) is 20.2. The number of anilines is 1. The van der Waals surface area contributed by atoms with Crippen molar-refractivity contribution in [2.75, 3.05) is 38.5 Å². The van der Waals surface area contributed by atoms with Gasteiger partial charge in [-0.05, 0) is 59.8 Å². The van der Waals surface area contributed by atoms with Crippen molar-refractivity contribution in [3.63, 3.8) is 0 Å². The summed E-state index contributed by atoms with van der Waals surface area (Å²) in [5.74, 6) is -2.32. The van der Waals surface area contributed by atoms with Crippen LogP contribution in [0, 0.1) is 11.3 Å². The van der Waals surface area contributed by atoms with Gasteiger partial charge in [0.2, 0.25) is 0 Å². The maximum Gasteiger partial charge on any atom is 0.430 e. The number of alkyl halides is 3. The highest BCUT2D eigenvalue weighted by atomic mass is 32.2. The first-order chi connectivity index (χ1) is 22.8. The first kappa shape index (κ1) is 38.6. The molecule has 1 saturated heterocycles. The zero-order chi connectivity index (χ0) is 36.3. The fourth-order valence-corrected chi connectivity index (χ4v) is 7.42. The van der Waals surface area contributed by atoms with Gasteiger partial charge in [-0.2, -0.15) is 25.9 Å². The number of ketones is 1. The van der Waals surface area contributed by atoms with Crippen molar-refractivity contribution in [3.05, 3.63) is 46.2 Å². The number of hydrogen-bond acceptors (Lipinski definition) is 10. The van der Waals surface area contributed by atoms with Crippen LogP contribution < -0.4 is 14.7 Å². The van der Waals surface area contributed by atoms with Gasteiger partial charge in [0.15, 0.2) is 10.8 Å². The number of rotatable bonds is 11. The second-order valence-electron chi connectivity index (χ2n) is 13.8. The molecule has 3 aromatic rings. The highest BCUT2D eigenvalue weighted by molar-refractivity contribution is 7.90. The number of hydrogen-bond donors (Lipinski definition) is 3. The topological polar surface area (TPSA) is 170 Å². The Hall–Kier alpha value is -3.25. The molecule has 1 unspecified atom stereocenters. The minimum Gasteiger partial charge on any atom is -0.542 e. The minimum absolute atomic E-state index is 0.0248. The van der Waals surface area contributed by atoms with Crippen LogP contribution in [0.1, 0.15) is 79.0 Å². The Balaban J connectivity index is 0.000000698. The molecule has 4 atom stereocenters. The van der Waals surface area contributed by atoms with E-state index in [1.54, 1.807) is 12.3 Å². The van der Waals surface area contributed by atoms with Gasteiger partial charge in [0.05, 0.1) is 26.1 Å². The SMILES string of the molecule is CN(C)S(=O)(=O)Nc1ccc([C@@H](CC[NH+]2CC[C@H]2CO)CC(=O)c2nc3cc4c(nc3s2)CC[C@H](C(C)(C)C)C4)cn1.O=C([O-])C(F)(F)F. The average molecular weight is 729 g/mol. The summed E-state index contributed by atoms with van der Waals surface area (Å²) in [6.45, 7) is 8.90. The third-order valence-electron chi connectivity index (χ3n) is 9.27. The molecule has 270 valence electrons. The van der Waals surface area contributed by atoms with E-state index < -0.39 is 22.4 Å². The van der Waals surface area contributed by atoms with Crippen LogP contribution in [0.2, 0.25) is 0 Å². The number of quaternary nitrogens is 1. The van der Waals surface area contributed by atoms with Gasteiger partial charge in [-0.3, -0.25) is 9.52 Å². The molecule has 3 aromatic heterocycles. The van der Waals surface area contributed by atoms with Crippen LogP contribution in [0.5, 0.6) is 0 Å². The van der Waals surface area contributed by atoms with E-state index in [0.29, 0.717) is 10.9 Å². The van der Waals surface area contributed by atoms with Crippen LogP contribution in [-0.2, 0) is 27.8 Å². The van der Waals surface area contributed by atoms with Crippen molar-refractivity contribution >= 4 is 49.5 Å². The summed E-state index contributed by atoms with van der Waals surface area (Å²) in [4.78, 5) is 38.6. The van der Waals surface area contributed by atoms with Crippen molar-refractivity contribution in [3.8, 4) is 0 Å². The molecule has 12 nitrogen and oxygen atoms in total. The van der Waals surface area contributed by atoms with E-state index in [1.807, 2.05) is 6.07 Å². The fourth-order valence-electron chi connectivity index (χ4n) is 5.96. The van der Waals surface area contributed by atoms with E-state index in [4.69, 9.17) is 19.9 Å². The molecule has 0 radical (unpaired) electrons. The average Bonchev–Trinajstić information content (AvgIpc) is 3.41. The van der Waals surface area contributed by atoms with E-state index in [2.05, 4.69) is 36.5 Å². The largest absolute Gasteiger partial charge is 0.542 e.